The smallest absolute Gasteiger partial charge is 0.115 e. The second-order valence-corrected chi connectivity index (χ2v) is 3.82. The Morgan fingerprint density at radius 1 is 1.33 bits per heavy atom. The molecule has 1 N–H and O–H groups in total. The van der Waals surface area contributed by atoms with Crippen molar-refractivity contribution in [3.05, 3.63) is 12.7 Å². The van der Waals surface area contributed by atoms with Crippen molar-refractivity contribution in [1.29, 1.82) is 0 Å². The number of aliphatic hydroxyl groups is 1. The van der Waals surface area contributed by atoms with Crippen LogP contribution in [0.5, 0.6) is 0 Å². The molecule has 1 aliphatic heterocycles. The monoisotopic (exact) mass is 216 g/mol. The summed E-state index contributed by atoms with van der Waals surface area (Å²) in [4.78, 5) is 0. The van der Waals surface area contributed by atoms with Crippen LogP contribution in [0.3, 0.4) is 0 Å². The molecule has 0 aromatic heterocycles. The molecule has 0 aromatic carbocycles. The Morgan fingerprint density at radius 3 is 2.53 bits per heavy atom. The number of hydrogen-bond donors (Lipinski definition) is 1. The van der Waals surface area contributed by atoms with E-state index in [2.05, 4.69) is 6.58 Å². The summed E-state index contributed by atoms with van der Waals surface area (Å²) in [6.45, 7) is 7.73. The molecule has 1 fully saturated rings. The summed E-state index contributed by atoms with van der Waals surface area (Å²) < 4.78 is 16.3. The summed E-state index contributed by atoms with van der Waals surface area (Å²) in [5.74, 6) is 0. The van der Waals surface area contributed by atoms with Crippen LogP contribution in [0.2, 0.25) is 0 Å². The van der Waals surface area contributed by atoms with Crippen LogP contribution >= 0.6 is 0 Å². The zero-order chi connectivity index (χ0) is 11.4. The highest BCUT2D eigenvalue weighted by Crippen LogP contribution is 2.24. The van der Waals surface area contributed by atoms with Crippen LogP contribution in [0.25, 0.3) is 0 Å². The maximum atomic E-state index is 9.92. The van der Waals surface area contributed by atoms with Crippen LogP contribution in [0.15, 0.2) is 12.7 Å². The summed E-state index contributed by atoms with van der Waals surface area (Å²) in [6.07, 6.45) is 0.0861. The van der Waals surface area contributed by atoms with Crippen molar-refractivity contribution in [2.24, 2.45) is 0 Å². The Kier molecular flexibility index (Phi) is 4.73. The highest BCUT2D eigenvalue weighted by atomic mass is 16.6. The van der Waals surface area contributed by atoms with Gasteiger partial charge in [-0.15, -0.1) is 6.58 Å². The van der Waals surface area contributed by atoms with Crippen LogP contribution in [0, 0.1) is 0 Å². The largest absolute Gasteiger partial charge is 0.388 e. The molecule has 0 saturated carbocycles. The average molecular weight is 216 g/mol. The molecule has 1 aliphatic rings. The minimum absolute atomic E-state index is 0.0804. The maximum Gasteiger partial charge on any atom is 0.115 e. The van der Waals surface area contributed by atoms with E-state index < -0.39 is 6.10 Å². The first-order chi connectivity index (χ1) is 7.11. The van der Waals surface area contributed by atoms with Crippen LogP contribution in [0.1, 0.15) is 13.8 Å². The minimum Gasteiger partial charge on any atom is -0.388 e. The second-order valence-electron chi connectivity index (χ2n) is 3.82. The van der Waals surface area contributed by atoms with Gasteiger partial charge in [-0.25, -0.2) is 0 Å². The molecule has 0 radical (unpaired) electrons. The van der Waals surface area contributed by atoms with Gasteiger partial charge in [-0.2, -0.15) is 0 Å². The Morgan fingerprint density at radius 2 is 2.00 bits per heavy atom. The molecule has 0 spiro atoms. The minimum atomic E-state index is -0.661. The van der Waals surface area contributed by atoms with Gasteiger partial charge in [0.1, 0.15) is 18.3 Å². The maximum absolute atomic E-state index is 9.92. The molecule has 4 heteroatoms. The lowest BCUT2D eigenvalue weighted by Gasteiger charge is -2.41. The van der Waals surface area contributed by atoms with E-state index >= 15 is 0 Å². The third kappa shape index (κ3) is 2.78. The van der Waals surface area contributed by atoms with Crippen LogP contribution in [0.4, 0.5) is 0 Å². The van der Waals surface area contributed by atoms with E-state index in [-0.39, 0.29) is 24.4 Å². The lowest BCUT2D eigenvalue weighted by atomic mass is 9.96. The molecule has 88 valence electrons. The van der Waals surface area contributed by atoms with Gasteiger partial charge in [-0.3, -0.25) is 0 Å². The molecule has 1 unspecified atom stereocenters. The molecule has 1 saturated heterocycles. The molecule has 0 bridgehead atoms. The highest BCUT2D eigenvalue weighted by molar-refractivity contribution is 4.91. The Labute approximate surface area is 90.8 Å². The first-order valence-electron chi connectivity index (χ1n) is 5.20. The Balaban J connectivity index is 2.69. The predicted molar refractivity (Wildman–Crippen MR) is 56.7 cm³/mol. The van der Waals surface area contributed by atoms with Gasteiger partial charge in [0.05, 0.1) is 18.8 Å². The van der Waals surface area contributed by atoms with Gasteiger partial charge in [0, 0.05) is 7.11 Å². The highest BCUT2D eigenvalue weighted by Gasteiger charge is 2.42. The molecule has 0 aliphatic carbocycles. The first-order valence-corrected chi connectivity index (χ1v) is 5.20. The molecule has 4 nitrogen and oxygen atoms in total. The second kappa shape index (κ2) is 5.61. The van der Waals surface area contributed by atoms with Gasteiger partial charge in [-0.1, -0.05) is 6.08 Å². The van der Waals surface area contributed by atoms with Gasteiger partial charge in [0.25, 0.3) is 0 Å². The molecule has 0 aromatic rings. The molecular weight excluding hydrogens is 196 g/mol. The Hall–Kier alpha value is -0.420. The van der Waals surface area contributed by atoms with Crippen molar-refractivity contribution >= 4 is 0 Å². The van der Waals surface area contributed by atoms with Crippen molar-refractivity contribution in [2.45, 2.75) is 44.4 Å². The van der Waals surface area contributed by atoms with E-state index in [9.17, 15) is 5.11 Å². The van der Waals surface area contributed by atoms with Gasteiger partial charge in [0.2, 0.25) is 0 Å². The summed E-state index contributed by atoms with van der Waals surface area (Å²) >= 11 is 0. The van der Waals surface area contributed by atoms with Crippen LogP contribution in [-0.4, -0.2) is 49.3 Å². The number of aliphatic hydroxyl groups excluding tert-OH is 1. The Bertz CT molecular complexity index is 207. The topological polar surface area (TPSA) is 47.9 Å². The van der Waals surface area contributed by atoms with Crippen molar-refractivity contribution in [3.63, 3.8) is 0 Å². The lowest BCUT2D eigenvalue weighted by molar-refractivity contribution is -0.230. The van der Waals surface area contributed by atoms with E-state index in [1.54, 1.807) is 13.2 Å². The number of ether oxygens (including phenoxy) is 3. The summed E-state index contributed by atoms with van der Waals surface area (Å²) in [5.41, 5.74) is 0. The summed E-state index contributed by atoms with van der Waals surface area (Å²) in [7, 11) is 1.59. The van der Waals surface area contributed by atoms with E-state index in [0.717, 1.165) is 0 Å². The van der Waals surface area contributed by atoms with Crippen LogP contribution in [-0.2, 0) is 14.2 Å². The molecular formula is C11H20O4. The molecule has 0 amide bonds. The van der Waals surface area contributed by atoms with Crippen molar-refractivity contribution in [2.75, 3.05) is 13.7 Å². The van der Waals surface area contributed by atoms with Gasteiger partial charge in [-0.05, 0) is 13.8 Å². The summed E-state index contributed by atoms with van der Waals surface area (Å²) in [5, 5.41) is 9.92. The number of methoxy groups -OCH3 is 1. The molecule has 1 heterocycles. The van der Waals surface area contributed by atoms with Crippen LogP contribution < -0.4 is 0 Å². The fourth-order valence-corrected chi connectivity index (χ4v) is 1.92. The number of rotatable bonds is 4. The van der Waals surface area contributed by atoms with Crippen molar-refractivity contribution in [1.82, 2.24) is 0 Å². The van der Waals surface area contributed by atoms with E-state index in [1.807, 2.05) is 13.8 Å². The van der Waals surface area contributed by atoms with Gasteiger partial charge < -0.3 is 19.3 Å². The van der Waals surface area contributed by atoms with Crippen molar-refractivity contribution < 1.29 is 19.3 Å². The molecule has 1 rings (SSSR count). The van der Waals surface area contributed by atoms with Gasteiger partial charge >= 0.3 is 0 Å². The summed E-state index contributed by atoms with van der Waals surface area (Å²) in [6, 6.07) is 0. The third-order valence-electron chi connectivity index (χ3n) is 2.71. The average Bonchev–Trinajstić information content (AvgIpc) is 2.21. The zero-order valence-electron chi connectivity index (χ0n) is 9.55. The van der Waals surface area contributed by atoms with Gasteiger partial charge in [0.15, 0.2) is 0 Å². The SMILES string of the molecule is C=CCO[C@H]1[C@@H](OC)[C@H](C)OC(C)[C@@H]1O. The standard InChI is InChI=1S/C11H20O4/c1-5-6-14-11-9(12)7(2)15-8(3)10(11)13-4/h5,7-12H,1,6H2,2-4H3/t7?,8-,9-,10-,11+/m0/s1. The zero-order valence-corrected chi connectivity index (χ0v) is 9.55. The van der Waals surface area contributed by atoms with Crippen molar-refractivity contribution in [3.8, 4) is 0 Å². The fraction of sp³-hybridized carbons (Fsp3) is 0.818. The number of hydrogen-bond acceptors (Lipinski definition) is 4. The van der Waals surface area contributed by atoms with E-state index in [0.29, 0.717) is 6.61 Å². The quantitative estimate of drug-likeness (QED) is 0.704. The lowest BCUT2D eigenvalue weighted by Crippen LogP contribution is -2.57. The van der Waals surface area contributed by atoms with E-state index in [1.165, 1.54) is 0 Å². The molecule has 5 atom stereocenters. The normalized spacial score (nSPS) is 41.5. The van der Waals surface area contributed by atoms with E-state index in [4.69, 9.17) is 14.2 Å². The first kappa shape index (κ1) is 12.6. The predicted octanol–water partition coefficient (Wildman–Crippen LogP) is 0.741. The fourth-order valence-electron chi connectivity index (χ4n) is 1.92. The third-order valence-corrected chi connectivity index (χ3v) is 2.71. The molecule has 15 heavy (non-hydrogen) atoms.